The maximum Gasteiger partial charge on any atom is 0.262 e. The van der Waals surface area contributed by atoms with Crippen molar-refractivity contribution < 1.29 is 16.8 Å². The van der Waals surface area contributed by atoms with E-state index < -0.39 is 20.0 Å². The van der Waals surface area contributed by atoms with Crippen molar-refractivity contribution in [1.29, 1.82) is 0 Å². The number of hydrogen-bond donors (Lipinski definition) is 1. The largest absolute Gasteiger partial charge is 0.280 e. The van der Waals surface area contributed by atoms with E-state index in [0.717, 1.165) is 18.4 Å². The van der Waals surface area contributed by atoms with Crippen LogP contribution >= 0.6 is 0 Å². The van der Waals surface area contributed by atoms with Gasteiger partial charge in [0.2, 0.25) is 10.0 Å². The lowest BCUT2D eigenvalue weighted by Gasteiger charge is -2.30. The number of piperidine rings is 1. The Labute approximate surface area is 167 Å². The van der Waals surface area contributed by atoms with Gasteiger partial charge < -0.3 is 0 Å². The van der Waals surface area contributed by atoms with Crippen LogP contribution in [0, 0.1) is 19.8 Å². The summed E-state index contributed by atoms with van der Waals surface area (Å²) in [7, 11) is -7.32. The highest BCUT2D eigenvalue weighted by Crippen LogP contribution is 2.25. The second kappa shape index (κ2) is 7.85. The smallest absolute Gasteiger partial charge is 0.262 e. The van der Waals surface area contributed by atoms with Crippen LogP contribution < -0.4 is 4.72 Å². The first-order chi connectivity index (χ1) is 13.1. The molecule has 1 atom stereocenters. The fourth-order valence-electron chi connectivity index (χ4n) is 3.42. The van der Waals surface area contributed by atoms with E-state index in [4.69, 9.17) is 0 Å². The minimum atomic E-state index is -3.75. The standard InChI is InChI=1S/C20H26N2O4S2/c1-15-6-7-17(3)20(13-15)27(23,24)21-18-8-10-19(11-9-18)28(25,26)22-12-4-5-16(2)14-22/h6-11,13,16,21H,4-5,12,14H2,1-3H3/t16-/m1/s1. The lowest BCUT2D eigenvalue weighted by molar-refractivity contribution is 0.281. The van der Waals surface area contributed by atoms with Crippen LogP contribution in [0.4, 0.5) is 5.69 Å². The van der Waals surface area contributed by atoms with Crippen molar-refractivity contribution in [2.45, 2.75) is 43.4 Å². The van der Waals surface area contributed by atoms with Crippen molar-refractivity contribution in [3.63, 3.8) is 0 Å². The molecule has 1 saturated heterocycles. The maximum atomic E-state index is 12.8. The van der Waals surface area contributed by atoms with E-state index in [2.05, 4.69) is 4.72 Å². The molecule has 6 nitrogen and oxygen atoms in total. The molecule has 8 heteroatoms. The molecule has 0 unspecified atom stereocenters. The van der Waals surface area contributed by atoms with E-state index in [1.54, 1.807) is 19.1 Å². The minimum Gasteiger partial charge on any atom is -0.280 e. The molecule has 1 aliphatic rings. The monoisotopic (exact) mass is 422 g/mol. The Morgan fingerprint density at radius 1 is 1.00 bits per heavy atom. The van der Waals surface area contributed by atoms with Gasteiger partial charge in [0.1, 0.15) is 0 Å². The molecule has 1 heterocycles. The summed E-state index contributed by atoms with van der Waals surface area (Å²) >= 11 is 0. The predicted octanol–water partition coefficient (Wildman–Crippen LogP) is 3.52. The lowest BCUT2D eigenvalue weighted by atomic mass is 10.0. The summed E-state index contributed by atoms with van der Waals surface area (Å²) in [6.07, 6.45) is 1.89. The molecule has 1 N–H and O–H groups in total. The Kier molecular flexibility index (Phi) is 5.84. The normalized spacial score (nSPS) is 18.8. The van der Waals surface area contributed by atoms with Gasteiger partial charge in [-0.3, -0.25) is 4.72 Å². The lowest BCUT2D eigenvalue weighted by Crippen LogP contribution is -2.39. The second-order valence-electron chi connectivity index (χ2n) is 7.51. The fraction of sp³-hybridized carbons (Fsp3) is 0.400. The highest BCUT2D eigenvalue weighted by molar-refractivity contribution is 7.92. The summed E-state index contributed by atoms with van der Waals surface area (Å²) in [5.74, 6) is 0.340. The van der Waals surface area contributed by atoms with E-state index in [-0.39, 0.29) is 9.79 Å². The topological polar surface area (TPSA) is 83.5 Å². The van der Waals surface area contributed by atoms with Crippen molar-refractivity contribution in [2.24, 2.45) is 5.92 Å². The van der Waals surface area contributed by atoms with Crippen LogP contribution in [0.25, 0.3) is 0 Å². The van der Waals surface area contributed by atoms with Crippen LogP contribution in [0.3, 0.4) is 0 Å². The second-order valence-corrected chi connectivity index (χ2v) is 11.1. The van der Waals surface area contributed by atoms with E-state index in [0.29, 0.717) is 30.3 Å². The molecule has 0 saturated carbocycles. The molecule has 3 rings (SSSR count). The third-order valence-electron chi connectivity index (χ3n) is 5.00. The number of hydrogen-bond acceptors (Lipinski definition) is 4. The molecule has 2 aromatic rings. The molecular formula is C20H26N2O4S2. The van der Waals surface area contributed by atoms with Crippen molar-refractivity contribution in [1.82, 2.24) is 4.31 Å². The van der Waals surface area contributed by atoms with Crippen LogP contribution in [0.2, 0.25) is 0 Å². The number of benzene rings is 2. The first-order valence-corrected chi connectivity index (χ1v) is 12.2. The van der Waals surface area contributed by atoms with Gasteiger partial charge in [-0.25, -0.2) is 16.8 Å². The number of anilines is 1. The highest BCUT2D eigenvalue weighted by Gasteiger charge is 2.28. The van der Waals surface area contributed by atoms with Crippen LogP contribution in [0.15, 0.2) is 52.3 Å². The van der Waals surface area contributed by atoms with Gasteiger partial charge in [0.25, 0.3) is 10.0 Å². The van der Waals surface area contributed by atoms with Crippen LogP contribution in [0.1, 0.15) is 30.9 Å². The Bertz CT molecular complexity index is 1060. The zero-order valence-electron chi connectivity index (χ0n) is 16.3. The maximum absolute atomic E-state index is 12.8. The summed E-state index contributed by atoms with van der Waals surface area (Å²) in [4.78, 5) is 0.391. The molecule has 2 aromatic carbocycles. The quantitative estimate of drug-likeness (QED) is 0.799. The van der Waals surface area contributed by atoms with Gasteiger partial charge in [-0.05, 0) is 74.1 Å². The summed E-state index contributed by atoms with van der Waals surface area (Å²) < 4.78 is 55.1. The zero-order chi connectivity index (χ0) is 20.5. The predicted molar refractivity (Wildman–Crippen MR) is 110 cm³/mol. The molecule has 0 aliphatic carbocycles. The SMILES string of the molecule is Cc1ccc(C)c(S(=O)(=O)Nc2ccc(S(=O)(=O)N3CCC[C@@H](C)C3)cc2)c1. The summed E-state index contributed by atoms with van der Waals surface area (Å²) in [6.45, 7) is 6.66. The van der Waals surface area contributed by atoms with Gasteiger partial charge >= 0.3 is 0 Å². The molecule has 152 valence electrons. The molecule has 0 amide bonds. The first kappa shape index (κ1) is 20.8. The molecular weight excluding hydrogens is 396 g/mol. The molecule has 28 heavy (non-hydrogen) atoms. The highest BCUT2D eigenvalue weighted by atomic mass is 32.2. The number of nitrogens with zero attached hydrogens (tertiary/aromatic N) is 1. The number of nitrogens with one attached hydrogen (secondary N) is 1. The summed E-state index contributed by atoms with van der Waals surface area (Å²) in [5.41, 5.74) is 1.83. The van der Waals surface area contributed by atoms with Gasteiger partial charge in [0.15, 0.2) is 0 Å². The van der Waals surface area contributed by atoms with Gasteiger partial charge in [0, 0.05) is 18.8 Å². The third-order valence-corrected chi connectivity index (χ3v) is 8.40. The average Bonchev–Trinajstić information content (AvgIpc) is 2.64. The minimum absolute atomic E-state index is 0.177. The summed E-state index contributed by atoms with van der Waals surface area (Å²) in [5, 5.41) is 0. The molecule has 1 fully saturated rings. The van der Waals surface area contributed by atoms with Gasteiger partial charge in [0.05, 0.1) is 9.79 Å². The van der Waals surface area contributed by atoms with E-state index in [1.165, 1.54) is 28.6 Å². The number of sulfonamides is 2. The van der Waals surface area contributed by atoms with E-state index in [1.807, 2.05) is 19.9 Å². The van der Waals surface area contributed by atoms with Crippen molar-refractivity contribution >= 4 is 25.7 Å². The molecule has 0 bridgehead atoms. The summed E-state index contributed by atoms with van der Waals surface area (Å²) in [6, 6.07) is 11.1. The van der Waals surface area contributed by atoms with Crippen LogP contribution in [-0.4, -0.2) is 34.2 Å². The molecule has 0 aromatic heterocycles. The zero-order valence-corrected chi connectivity index (χ0v) is 18.0. The number of aryl methyl sites for hydroxylation is 2. The number of rotatable bonds is 5. The molecule has 0 radical (unpaired) electrons. The van der Waals surface area contributed by atoms with Crippen LogP contribution in [0.5, 0.6) is 0 Å². The van der Waals surface area contributed by atoms with Crippen molar-refractivity contribution in [3.8, 4) is 0 Å². The Morgan fingerprint density at radius 2 is 1.68 bits per heavy atom. The Hall–Kier alpha value is -1.90. The fourth-order valence-corrected chi connectivity index (χ4v) is 6.40. The Morgan fingerprint density at radius 3 is 2.32 bits per heavy atom. The van der Waals surface area contributed by atoms with Gasteiger partial charge in [-0.2, -0.15) is 4.31 Å². The van der Waals surface area contributed by atoms with Crippen molar-refractivity contribution in [2.75, 3.05) is 17.8 Å². The van der Waals surface area contributed by atoms with E-state index in [9.17, 15) is 16.8 Å². The third kappa shape index (κ3) is 4.39. The van der Waals surface area contributed by atoms with Gasteiger partial charge in [-0.1, -0.05) is 19.1 Å². The van der Waals surface area contributed by atoms with E-state index >= 15 is 0 Å². The Balaban J connectivity index is 1.82. The van der Waals surface area contributed by atoms with Crippen LogP contribution in [-0.2, 0) is 20.0 Å². The molecule has 0 spiro atoms. The molecule has 1 aliphatic heterocycles. The first-order valence-electron chi connectivity index (χ1n) is 9.30. The van der Waals surface area contributed by atoms with Crippen molar-refractivity contribution in [3.05, 3.63) is 53.6 Å². The average molecular weight is 423 g/mol. The van der Waals surface area contributed by atoms with Gasteiger partial charge in [-0.15, -0.1) is 0 Å².